The summed E-state index contributed by atoms with van der Waals surface area (Å²) in [4.78, 5) is 42.3. The van der Waals surface area contributed by atoms with E-state index in [1.54, 1.807) is 28.0 Å². The molecular weight excluding hydrogens is 424 g/mol. The first-order valence-corrected chi connectivity index (χ1v) is 12.7. The highest BCUT2D eigenvalue weighted by Gasteiger charge is 2.53. The molecule has 1 N–H and O–H groups in total. The maximum absolute atomic E-state index is 13.2. The third-order valence-electron chi connectivity index (χ3n) is 6.13. The van der Waals surface area contributed by atoms with Crippen molar-refractivity contribution in [2.75, 3.05) is 11.1 Å². The van der Waals surface area contributed by atoms with Crippen LogP contribution in [0.2, 0.25) is 0 Å². The number of rotatable bonds is 4. The quantitative estimate of drug-likeness (QED) is 0.711. The highest BCUT2D eigenvalue weighted by Crippen LogP contribution is 2.48. The summed E-state index contributed by atoms with van der Waals surface area (Å²) in [6, 6.07) is 3.25. The lowest BCUT2D eigenvalue weighted by atomic mass is 9.93. The Bertz CT molecular complexity index is 997. The normalized spacial score (nSPS) is 25.8. The number of carbonyl (C=O) groups excluding carboxylic acids is 3. The number of aryl methyl sites for hydroxylation is 1. The number of fused-ring (bicyclic) bond motifs is 2. The van der Waals surface area contributed by atoms with Gasteiger partial charge in [0.2, 0.25) is 17.6 Å². The molecule has 0 radical (unpaired) electrons. The van der Waals surface area contributed by atoms with Crippen LogP contribution in [0.4, 0.5) is 5.00 Å². The van der Waals surface area contributed by atoms with E-state index in [1.165, 1.54) is 16.2 Å². The van der Waals surface area contributed by atoms with Gasteiger partial charge in [0.25, 0.3) is 0 Å². The lowest BCUT2D eigenvalue weighted by Gasteiger charge is -2.29. The second kappa shape index (κ2) is 7.25. The molecule has 2 aliphatic heterocycles. The zero-order chi connectivity index (χ0) is 20.2. The smallest absolute Gasteiger partial charge is 0.248 e. The lowest BCUT2D eigenvalue weighted by Crippen LogP contribution is -2.48. The molecule has 2 unspecified atom stereocenters. The van der Waals surface area contributed by atoms with Crippen LogP contribution in [0.25, 0.3) is 0 Å². The standard InChI is InChI=1S/C21H22N2O3S3/c1-21-9-8-16(24)23(21)13(11-28-21)19(26)22-20-17(18(25)15-7-4-10-27-15)12-5-2-3-6-14(12)29-20/h4,7,10,13H,2-3,5-6,8-9,11H2,1H3,(H,22,26). The summed E-state index contributed by atoms with van der Waals surface area (Å²) in [6.45, 7) is 2.05. The van der Waals surface area contributed by atoms with Crippen LogP contribution in [0.5, 0.6) is 0 Å². The summed E-state index contributed by atoms with van der Waals surface area (Å²) >= 11 is 4.66. The summed E-state index contributed by atoms with van der Waals surface area (Å²) in [5.74, 6) is 0.485. The van der Waals surface area contributed by atoms with Crippen LogP contribution in [0.1, 0.15) is 58.3 Å². The summed E-state index contributed by atoms with van der Waals surface area (Å²) in [5.41, 5.74) is 1.78. The maximum Gasteiger partial charge on any atom is 0.248 e. The van der Waals surface area contributed by atoms with E-state index in [0.717, 1.165) is 37.7 Å². The van der Waals surface area contributed by atoms with Crippen LogP contribution in [-0.4, -0.2) is 39.2 Å². The first-order chi connectivity index (χ1) is 14.0. The molecule has 2 amide bonds. The number of nitrogens with zero attached hydrogens (tertiary/aromatic N) is 1. The highest BCUT2D eigenvalue weighted by atomic mass is 32.2. The predicted octanol–water partition coefficient (Wildman–Crippen LogP) is 4.31. The van der Waals surface area contributed by atoms with Crippen molar-refractivity contribution in [2.24, 2.45) is 0 Å². The van der Waals surface area contributed by atoms with Gasteiger partial charge in [-0.2, -0.15) is 0 Å². The van der Waals surface area contributed by atoms with Gasteiger partial charge in [0.05, 0.1) is 15.3 Å². The first-order valence-electron chi connectivity index (χ1n) is 9.98. The van der Waals surface area contributed by atoms with Crippen molar-refractivity contribution in [2.45, 2.75) is 56.4 Å². The van der Waals surface area contributed by atoms with Gasteiger partial charge in [-0.15, -0.1) is 34.4 Å². The molecule has 2 aromatic heterocycles. The Kier molecular flexibility index (Phi) is 4.83. The van der Waals surface area contributed by atoms with E-state index in [0.29, 0.717) is 27.6 Å². The molecule has 1 aliphatic carbocycles. The van der Waals surface area contributed by atoms with Crippen LogP contribution in [-0.2, 0) is 22.4 Å². The molecule has 0 spiro atoms. The van der Waals surface area contributed by atoms with Crippen LogP contribution in [0.3, 0.4) is 0 Å². The summed E-state index contributed by atoms with van der Waals surface area (Å²) < 4.78 is 0. The van der Waals surface area contributed by atoms with E-state index in [2.05, 4.69) is 5.32 Å². The molecule has 0 saturated carbocycles. The van der Waals surface area contributed by atoms with E-state index in [4.69, 9.17) is 0 Å². The van der Waals surface area contributed by atoms with Gasteiger partial charge in [0.15, 0.2) is 0 Å². The van der Waals surface area contributed by atoms with E-state index in [-0.39, 0.29) is 22.5 Å². The average Bonchev–Trinajstić information content (AvgIpc) is 3.46. The SMILES string of the molecule is CC12CCC(=O)N1C(C(=O)Nc1sc3c(c1C(=O)c1cccs1)CCCC3)CS2. The van der Waals surface area contributed by atoms with E-state index >= 15 is 0 Å². The number of ketones is 1. The highest BCUT2D eigenvalue weighted by molar-refractivity contribution is 8.01. The Balaban J connectivity index is 1.47. The number of thioether (sulfide) groups is 1. The summed E-state index contributed by atoms with van der Waals surface area (Å²) in [5, 5.41) is 5.62. The van der Waals surface area contributed by atoms with E-state index < -0.39 is 6.04 Å². The topological polar surface area (TPSA) is 66.5 Å². The lowest BCUT2D eigenvalue weighted by molar-refractivity contribution is -0.135. The minimum atomic E-state index is -0.469. The monoisotopic (exact) mass is 446 g/mol. The van der Waals surface area contributed by atoms with Crippen molar-refractivity contribution in [3.05, 3.63) is 38.4 Å². The van der Waals surface area contributed by atoms with Gasteiger partial charge >= 0.3 is 0 Å². The summed E-state index contributed by atoms with van der Waals surface area (Å²) in [7, 11) is 0. The number of hydrogen-bond donors (Lipinski definition) is 1. The number of amides is 2. The van der Waals surface area contributed by atoms with Gasteiger partial charge in [-0.05, 0) is 56.0 Å². The molecule has 5 rings (SSSR count). The molecule has 0 aromatic carbocycles. The third-order valence-corrected chi connectivity index (χ3v) is 9.71. The molecule has 152 valence electrons. The zero-order valence-electron chi connectivity index (χ0n) is 16.2. The minimum Gasteiger partial charge on any atom is -0.315 e. The van der Waals surface area contributed by atoms with Crippen LogP contribution < -0.4 is 5.32 Å². The number of anilines is 1. The summed E-state index contributed by atoms with van der Waals surface area (Å²) in [6.07, 6.45) is 5.33. The molecule has 8 heteroatoms. The second-order valence-electron chi connectivity index (χ2n) is 7.98. The van der Waals surface area contributed by atoms with Crippen molar-refractivity contribution in [3.8, 4) is 0 Å². The first kappa shape index (κ1) is 19.3. The second-order valence-corrected chi connectivity index (χ2v) is 11.5. The fourth-order valence-electron chi connectivity index (χ4n) is 4.63. The molecule has 29 heavy (non-hydrogen) atoms. The number of carbonyl (C=O) groups is 3. The fraction of sp³-hybridized carbons (Fsp3) is 0.476. The fourth-order valence-corrected chi connectivity index (χ4v) is 8.03. The number of nitrogens with one attached hydrogen (secondary N) is 1. The molecule has 2 saturated heterocycles. The Morgan fingerprint density at radius 1 is 1.24 bits per heavy atom. The molecule has 2 atom stereocenters. The van der Waals surface area contributed by atoms with E-state index in [1.807, 2.05) is 24.4 Å². The van der Waals surface area contributed by atoms with Crippen molar-refractivity contribution in [1.82, 2.24) is 4.90 Å². The van der Waals surface area contributed by atoms with Gasteiger partial charge in [-0.25, -0.2) is 0 Å². The molecule has 4 heterocycles. The van der Waals surface area contributed by atoms with Crippen molar-refractivity contribution >= 4 is 57.0 Å². The van der Waals surface area contributed by atoms with Gasteiger partial charge in [-0.3, -0.25) is 14.4 Å². The molecule has 5 nitrogen and oxygen atoms in total. The maximum atomic E-state index is 13.2. The van der Waals surface area contributed by atoms with Gasteiger partial charge < -0.3 is 10.2 Å². The number of thiophene rings is 2. The largest absolute Gasteiger partial charge is 0.315 e. The Morgan fingerprint density at radius 2 is 2.07 bits per heavy atom. The Morgan fingerprint density at radius 3 is 2.86 bits per heavy atom. The van der Waals surface area contributed by atoms with Gasteiger partial charge in [0, 0.05) is 17.1 Å². The molecule has 0 bridgehead atoms. The Hall–Kier alpha value is -1.64. The Labute approximate surface area is 181 Å². The average molecular weight is 447 g/mol. The van der Waals surface area contributed by atoms with Crippen LogP contribution >= 0.6 is 34.4 Å². The van der Waals surface area contributed by atoms with E-state index in [9.17, 15) is 14.4 Å². The number of hydrogen-bond acceptors (Lipinski definition) is 6. The molecule has 3 aliphatic rings. The third kappa shape index (κ3) is 3.16. The minimum absolute atomic E-state index is 0.00224. The van der Waals surface area contributed by atoms with Crippen molar-refractivity contribution < 1.29 is 14.4 Å². The molecule has 2 fully saturated rings. The van der Waals surface area contributed by atoms with Crippen molar-refractivity contribution in [3.63, 3.8) is 0 Å². The molecular formula is C21H22N2O3S3. The van der Waals surface area contributed by atoms with Crippen LogP contribution in [0, 0.1) is 0 Å². The van der Waals surface area contributed by atoms with Crippen molar-refractivity contribution in [1.29, 1.82) is 0 Å². The van der Waals surface area contributed by atoms with Crippen LogP contribution in [0.15, 0.2) is 17.5 Å². The zero-order valence-corrected chi connectivity index (χ0v) is 18.6. The predicted molar refractivity (Wildman–Crippen MR) is 118 cm³/mol. The van der Waals surface area contributed by atoms with Gasteiger partial charge in [0.1, 0.15) is 11.0 Å². The molecule has 2 aromatic rings. The van der Waals surface area contributed by atoms with Gasteiger partial charge in [-0.1, -0.05) is 6.07 Å².